The molecule has 3 unspecified atom stereocenters. The molecule has 2 bridgehead atoms. The molecule has 3 saturated carbocycles. The molecule has 0 amide bonds. The van der Waals surface area contributed by atoms with E-state index in [2.05, 4.69) is 43.4 Å². The molecule has 4 heteroatoms. The first kappa shape index (κ1) is 22.0. The Morgan fingerprint density at radius 2 is 2.00 bits per heavy atom. The van der Waals surface area contributed by atoms with Gasteiger partial charge in [-0.15, -0.1) is 0 Å². The summed E-state index contributed by atoms with van der Waals surface area (Å²) in [5, 5.41) is 22.9. The van der Waals surface area contributed by atoms with Gasteiger partial charge < -0.3 is 15.5 Å². The Morgan fingerprint density at radius 3 is 2.69 bits per heavy atom. The van der Waals surface area contributed by atoms with Crippen LogP contribution in [0.5, 0.6) is 0 Å². The van der Waals surface area contributed by atoms with E-state index in [0.29, 0.717) is 36.8 Å². The zero-order chi connectivity index (χ0) is 20.9. The predicted octanol–water partition coefficient (Wildman–Crippen LogP) is 4.43. The van der Waals surface area contributed by atoms with E-state index in [0.717, 1.165) is 24.7 Å². The molecule has 0 saturated heterocycles. The minimum absolute atomic E-state index is 0.245. The number of benzene rings is 1. The highest BCUT2D eigenvalue weighted by Crippen LogP contribution is 2.62. The van der Waals surface area contributed by atoms with Crippen LogP contribution in [0.4, 0.5) is 0 Å². The van der Waals surface area contributed by atoms with E-state index in [-0.39, 0.29) is 12.5 Å². The van der Waals surface area contributed by atoms with Gasteiger partial charge >= 0.3 is 5.97 Å². The molecule has 160 valence electrons. The van der Waals surface area contributed by atoms with Crippen LogP contribution in [-0.2, 0) is 11.2 Å². The van der Waals surface area contributed by atoms with Crippen molar-refractivity contribution in [3.8, 4) is 0 Å². The summed E-state index contributed by atoms with van der Waals surface area (Å²) in [6.07, 6.45) is 10.1. The number of unbranched alkanes of at least 4 members (excludes halogenated alkanes) is 1. The molecule has 3 N–H and O–H groups in total. The molecule has 0 aliphatic heterocycles. The number of hydrogen-bond acceptors (Lipinski definition) is 3. The second-order valence-electron chi connectivity index (χ2n) is 9.61. The van der Waals surface area contributed by atoms with E-state index in [9.17, 15) is 9.90 Å². The molecule has 29 heavy (non-hydrogen) atoms. The number of aliphatic hydroxyl groups excluding tert-OH is 1. The first-order chi connectivity index (χ1) is 13.9. The van der Waals surface area contributed by atoms with Gasteiger partial charge in [0.05, 0.1) is 6.10 Å². The zero-order valence-corrected chi connectivity index (χ0v) is 17.9. The summed E-state index contributed by atoms with van der Waals surface area (Å²) in [6.45, 7) is 5.46. The Morgan fingerprint density at radius 1 is 1.24 bits per heavy atom. The quantitative estimate of drug-likeness (QED) is 0.380. The fourth-order valence-electron chi connectivity index (χ4n) is 5.50. The van der Waals surface area contributed by atoms with Crippen molar-refractivity contribution in [2.45, 2.75) is 70.9 Å². The van der Waals surface area contributed by atoms with Crippen molar-refractivity contribution in [3.63, 3.8) is 0 Å². The molecular formula is C25H37NO3. The number of allylic oxidation sites excluding steroid dienone is 2. The molecule has 3 aliphatic carbocycles. The summed E-state index contributed by atoms with van der Waals surface area (Å²) in [5.41, 5.74) is 1.60. The fraction of sp³-hybridized carbons (Fsp3) is 0.640. The summed E-state index contributed by atoms with van der Waals surface area (Å²) < 4.78 is 0. The maximum absolute atomic E-state index is 10.6. The van der Waals surface area contributed by atoms with E-state index in [4.69, 9.17) is 5.11 Å². The molecule has 3 aliphatic rings. The van der Waals surface area contributed by atoms with Crippen LogP contribution in [0.1, 0.15) is 57.9 Å². The number of aliphatic hydroxyl groups is 1. The van der Waals surface area contributed by atoms with Crippen molar-refractivity contribution in [2.75, 3.05) is 6.54 Å². The van der Waals surface area contributed by atoms with E-state index in [1.54, 1.807) is 0 Å². The molecule has 0 aromatic heterocycles. The maximum Gasteiger partial charge on any atom is 0.303 e. The largest absolute Gasteiger partial charge is 0.481 e. The molecule has 0 heterocycles. The second-order valence-corrected chi connectivity index (χ2v) is 9.61. The minimum Gasteiger partial charge on any atom is -0.481 e. The van der Waals surface area contributed by atoms with E-state index in [1.165, 1.54) is 18.4 Å². The predicted molar refractivity (Wildman–Crippen MR) is 117 cm³/mol. The number of rotatable bonds is 11. The Bertz CT molecular complexity index is 685. The van der Waals surface area contributed by atoms with Crippen molar-refractivity contribution >= 4 is 5.97 Å². The van der Waals surface area contributed by atoms with Gasteiger partial charge in [-0.25, -0.2) is 0 Å². The maximum atomic E-state index is 10.6. The Labute approximate surface area is 175 Å². The van der Waals surface area contributed by atoms with Crippen LogP contribution < -0.4 is 5.32 Å². The first-order valence-electron chi connectivity index (χ1n) is 11.2. The van der Waals surface area contributed by atoms with Crippen LogP contribution in [0.15, 0.2) is 42.5 Å². The molecule has 0 radical (unpaired) electrons. The third-order valence-corrected chi connectivity index (χ3v) is 7.38. The molecule has 1 aromatic rings. The van der Waals surface area contributed by atoms with Gasteiger partial charge in [0.15, 0.2) is 0 Å². The van der Waals surface area contributed by atoms with Gasteiger partial charge in [-0.05, 0) is 67.3 Å². The molecule has 3 fully saturated rings. The number of carbonyl (C=O) groups is 1. The van der Waals surface area contributed by atoms with Crippen LogP contribution in [-0.4, -0.2) is 34.9 Å². The lowest BCUT2D eigenvalue weighted by Crippen LogP contribution is -2.61. The standard InChI is InChI=1S/C25H37NO3/c1-25(2)19-15-22(25)21(12-8-3-4-9-13-24(28)29)23(16-19)26-17-20(27)14-18-10-6-5-7-11-18/h3,5-8,10-11,19-23,26-27H,4,9,12-17H2,1-2H3,(H,28,29)/b8-3-/t19?,20?,21-,22?,23-/m0/s1. The van der Waals surface area contributed by atoms with E-state index in [1.807, 2.05) is 18.2 Å². The molecule has 4 nitrogen and oxygen atoms in total. The number of fused-ring (bicyclic) bond motifs is 2. The molecular weight excluding hydrogens is 362 g/mol. The summed E-state index contributed by atoms with van der Waals surface area (Å²) in [5.74, 6) is 1.39. The number of carboxylic acids is 1. The number of carboxylic acid groups (broad SMARTS) is 1. The molecule has 1 aromatic carbocycles. The highest BCUT2D eigenvalue weighted by molar-refractivity contribution is 5.66. The average molecular weight is 400 g/mol. The van der Waals surface area contributed by atoms with Crippen molar-refractivity contribution < 1.29 is 15.0 Å². The average Bonchev–Trinajstić information content (AvgIpc) is 2.69. The molecule has 0 spiro atoms. The highest BCUT2D eigenvalue weighted by Gasteiger charge is 2.56. The van der Waals surface area contributed by atoms with Crippen LogP contribution in [0.25, 0.3) is 0 Å². The SMILES string of the molecule is CC1(C)C2CC1[C@H](C/C=C\CCCC(=O)O)[C@@H](NCC(O)Cc1ccccc1)C2. The van der Waals surface area contributed by atoms with Crippen LogP contribution in [0.3, 0.4) is 0 Å². The third-order valence-electron chi connectivity index (χ3n) is 7.38. The summed E-state index contributed by atoms with van der Waals surface area (Å²) >= 11 is 0. The zero-order valence-electron chi connectivity index (χ0n) is 17.9. The van der Waals surface area contributed by atoms with Crippen LogP contribution >= 0.6 is 0 Å². The topological polar surface area (TPSA) is 69.6 Å². The van der Waals surface area contributed by atoms with Gasteiger partial charge in [0, 0.05) is 19.0 Å². The number of aliphatic carboxylic acids is 1. The summed E-state index contributed by atoms with van der Waals surface area (Å²) in [7, 11) is 0. The Hall–Kier alpha value is -1.65. The van der Waals surface area contributed by atoms with Gasteiger partial charge in [0.1, 0.15) is 0 Å². The van der Waals surface area contributed by atoms with E-state index >= 15 is 0 Å². The van der Waals surface area contributed by atoms with Crippen molar-refractivity contribution in [3.05, 3.63) is 48.0 Å². The van der Waals surface area contributed by atoms with Gasteiger partial charge in [-0.2, -0.15) is 0 Å². The van der Waals surface area contributed by atoms with Gasteiger partial charge in [-0.3, -0.25) is 4.79 Å². The first-order valence-corrected chi connectivity index (χ1v) is 11.2. The third kappa shape index (κ3) is 5.70. The van der Waals surface area contributed by atoms with Gasteiger partial charge in [-0.1, -0.05) is 56.3 Å². The summed E-state index contributed by atoms with van der Waals surface area (Å²) in [6, 6.07) is 10.6. The molecule has 4 rings (SSSR count). The lowest BCUT2D eigenvalue weighted by Gasteiger charge is -2.63. The van der Waals surface area contributed by atoms with Crippen LogP contribution in [0, 0.1) is 23.2 Å². The number of hydrogen-bond donors (Lipinski definition) is 3. The van der Waals surface area contributed by atoms with Crippen LogP contribution in [0.2, 0.25) is 0 Å². The highest BCUT2D eigenvalue weighted by atomic mass is 16.4. The smallest absolute Gasteiger partial charge is 0.303 e. The Kier molecular flexibility index (Phi) is 7.53. The van der Waals surface area contributed by atoms with Crippen molar-refractivity contribution in [1.82, 2.24) is 5.32 Å². The fourth-order valence-corrected chi connectivity index (χ4v) is 5.50. The normalized spacial score (nSPS) is 28.8. The van der Waals surface area contributed by atoms with Gasteiger partial charge in [0.2, 0.25) is 0 Å². The lowest BCUT2D eigenvalue weighted by molar-refractivity contribution is -0.137. The van der Waals surface area contributed by atoms with Gasteiger partial charge in [0.25, 0.3) is 0 Å². The Balaban J connectivity index is 1.50. The van der Waals surface area contributed by atoms with Crippen molar-refractivity contribution in [2.24, 2.45) is 23.2 Å². The van der Waals surface area contributed by atoms with E-state index < -0.39 is 5.97 Å². The second kappa shape index (κ2) is 9.90. The molecule has 5 atom stereocenters. The monoisotopic (exact) mass is 399 g/mol. The van der Waals surface area contributed by atoms with Crippen molar-refractivity contribution in [1.29, 1.82) is 0 Å². The minimum atomic E-state index is -0.716. The number of nitrogens with one attached hydrogen (secondary N) is 1. The lowest BCUT2D eigenvalue weighted by atomic mass is 9.44. The summed E-state index contributed by atoms with van der Waals surface area (Å²) in [4.78, 5) is 10.6.